The fourth-order valence-electron chi connectivity index (χ4n) is 1.60. The lowest BCUT2D eigenvalue weighted by atomic mass is 10.3. The maximum atomic E-state index is 12.1. The Balaban J connectivity index is 1.99. The van der Waals surface area contributed by atoms with Gasteiger partial charge in [-0.15, -0.1) is 11.8 Å². The number of halogens is 1. The van der Waals surface area contributed by atoms with E-state index in [1.165, 1.54) is 30.1 Å². The first-order chi connectivity index (χ1) is 10.5. The van der Waals surface area contributed by atoms with Gasteiger partial charge in [-0.1, -0.05) is 11.6 Å². The van der Waals surface area contributed by atoms with Gasteiger partial charge in [-0.05, 0) is 31.2 Å². The first kappa shape index (κ1) is 16.3. The number of nitrogens with zero attached hydrogens (tertiary/aromatic N) is 2. The van der Waals surface area contributed by atoms with Crippen molar-refractivity contribution in [3.05, 3.63) is 57.7 Å². The number of carbonyl (C=O) groups is 1. The largest absolute Gasteiger partial charge is 0.308 e. The van der Waals surface area contributed by atoms with Gasteiger partial charge in [0.25, 0.3) is 5.69 Å². The molecule has 0 saturated heterocycles. The number of nitro benzene ring substituents is 1. The number of thioether (sulfide) groups is 1. The number of nitro groups is 1. The molecule has 0 unspecified atom stereocenters. The van der Waals surface area contributed by atoms with Crippen LogP contribution in [0, 0.1) is 10.1 Å². The lowest BCUT2D eigenvalue weighted by Gasteiger charge is -2.12. The summed E-state index contributed by atoms with van der Waals surface area (Å²) in [5.74, 6) is 0.0641. The smallest absolute Gasteiger partial charge is 0.269 e. The molecule has 0 radical (unpaired) electrons. The molecule has 1 amide bonds. The number of carbonyl (C=O) groups excluding carboxylic acids is 1. The van der Waals surface area contributed by atoms with Crippen LogP contribution in [0.15, 0.2) is 47.5 Å². The van der Waals surface area contributed by atoms with Gasteiger partial charge in [0.2, 0.25) is 5.91 Å². The molecule has 1 N–H and O–H groups in total. The van der Waals surface area contributed by atoms with Crippen molar-refractivity contribution >= 4 is 40.8 Å². The minimum atomic E-state index is -0.465. The molecule has 0 spiro atoms. The van der Waals surface area contributed by atoms with Crippen LogP contribution in [0.1, 0.15) is 6.92 Å². The topological polar surface area (TPSA) is 85.1 Å². The van der Waals surface area contributed by atoms with Crippen molar-refractivity contribution in [2.45, 2.75) is 17.1 Å². The summed E-state index contributed by atoms with van der Waals surface area (Å²) in [5, 5.41) is 13.2. The summed E-state index contributed by atoms with van der Waals surface area (Å²) in [5.41, 5.74) is 0.0155. The number of non-ortho nitro benzene ring substituents is 1. The summed E-state index contributed by atoms with van der Waals surface area (Å²) < 4.78 is 0. The number of hydrogen-bond acceptors (Lipinski definition) is 5. The third-order valence-electron chi connectivity index (χ3n) is 2.73. The van der Waals surface area contributed by atoms with Gasteiger partial charge in [0.15, 0.2) is 5.82 Å². The monoisotopic (exact) mass is 337 g/mol. The number of aromatic nitrogens is 1. The summed E-state index contributed by atoms with van der Waals surface area (Å²) in [6.45, 7) is 1.73. The highest BCUT2D eigenvalue weighted by Gasteiger charge is 2.16. The molecule has 22 heavy (non-hydrogen) atoms. The van der Waals surface area contributed by atoms with E-state index in [0.717, 1.165) is 4.90 Å². The maximum Gasteiger partial charge on any atom is 0.269 e. The fourth-order valence-corrected chi connectivity index (χ4v) is 2.64. The van der Waals surface area contributed by atoms with E-state index < -0.39 is 10.2 Å². The first-order valence-electron chi connectivity index (χ1n) is 6.30. The van der Waals surface area contributed by atoms with Crippen LogP contribution in [-0.4, -0.2) is 21.1 Å². The summed E-state index contributed by atoms with van der Waals surface area (Å²) >= 11 is 7.22. The van der Waals surface area contributed by atoms with Gasteiger partial charge in [-0.3, -0.25) is 14.9 Å². The van der Waals surface area contributed by atoms with Crippen LogP contribution in [0.25, 0.3) is 0 Å². The zero-order chi connectivity index (χ0) is 16.1. The molecule has 1 heterocycles. The van der Waals surface area contributed by atoms with Crippen molar-refractivity contribution in [3.8, 4) is 0 Å². The van der Waals surface area contributed by atoms with Crippen LogP contribution in [0.4, 0.5) is 11.5 Å². The van der Waals surface area contributed by atoms with Crippen LogP contribution < -0.4 is 5.32 Å². The van der Waals surface area contributed by atoms with Crippen LogP contribution in [0.3, 0.4) is 0 Å². The minimum Gasteiger partial charge on any atom is -0.308 e. The molecule has 0 bridgehead atoms. The molecule has 8 heteroatoms. The van der Waals surface area contributed by atoms with E-state index in [2.05, 4.69) is 10.3 Å². The number of benzene rings is 1. The molecule has 0 aliphatic carbocycles. The molecule has 114 valence electrons. The molecule has 2 aromatic rings. The van der Waals surface area contributed by atoms with Crippen molar-refractivity contribution < 1.29 is 9.72 Å². The van der Waals surface area contributed by atoms with Crippen molar-refractivity contribution in [3.63, 3.8) is 0 Å². The molecule has 0 aliphatic heterocycles. The molecule has 0 fully saturated rings. The van der Waals surface area contributed by atoms with Crippen LogP contribution in [0.5, 0.6) is 0 Å². The van der Waals surface area contributed by atoms with Gasteiger partial charge >= 0.3 is 0 Å². The van der Waals surface area contributed by atoms with E-state index in [1.54, 1.807) is 31.2 Å². The molecule has 2 rings (SSSR count). The normalized spacial score (nSPS) is 11.7. The SMILES string of the molecule is C[C@H](Sc1ccc([N+](=O)[O-])cc1)C(=O)Nc1ncccc1Cl. The minimum absolute atomic E-state index is 0.0155. The number of hydrogen-bond donors (Lipinski definition) is 1. The van der Waals surface area contributed by atoms with Crippen LogP contribution >= 0.6 is 23.4 Å². The number of pyridine rings is 1. The van der Waals surface area contributed by atoms with Gasteiger partial charge in [-0.25, -0.2) is 4.98 Å². The zero-order valence-electron chi connectivity index (χ0n) is 11.5. The van der Waals surface area contributed by atoms with E-state index in [1.807, 2.05) is 0 Å². The molecule has 6 nitrogen and oxygen atoms in total. The van der Waals surface area contributed by atoms with Crippen LogP contribution in [0.2, 0.25) is 5.02 Å². The summed E-state index contributed by atoms with van der Waals surface area (Å²) in [6.07, 6.45) is 1.54. The van der Waals surface area contributed by atoms with Gasteiger partial charge in [0.1, 0.15) is 0 Å². The van der Waals surface area contributed by atoms with E-state index in [0.29, 0.717) is 10.8 Å². The van der Waals surface area contributed by atoms with Crippen molar-refractivity contribution in [1.82, 2.24) is 4.98 Å². The van der Waals surface area contributed by atoms with E-state index in [-0.39, 0.29) is 11.6 Å². The lowest BCUT2D eigenvalue weighted by molar-refractivity contribution is -0.384. The first-order valence-corrected chi connectivity index (χ1v) is 7.55. The third-order valence-corrected chi connectivity index (χ3v) is 4.15. The molecular weight excluding hydrogens is 326 g/mol. The zero-order valence-corrected chi connectivity index (χ0v) is 13.1. The Labute approximate surface area is 136 Å². The number of nitrogens with one attached hydrogen (secondary N) is 1. The van der Waals surface area contributed by atoms with E-state index in [9.17, 15) is 14.9 Å². The number of rotatable bonds is 5. The second-order valence-corrected chi connectivity index (χ2v) is 6.16. The van der Waals surface area contributed by atoms with Crippen LogP contribution in [-0.2, 0) is 4.79 Å². The molecular formula is C14H12ClN3O3S. The molecule has 1 aromatic carbocycles. The highest BCUT2D eigenvalue weighted by molar-refractivity contribution is 8.00. The third kappa shape index (κ3) is 4.19. The van der Waals surface area contributed by atoms with E-state index in [4.69, 9.17) is 11.6 Å². The Kier molecular flexibility index (Phi) is 5.35. The van der Waals surface area contributed by atoms with E-state index >= 15 is 0 Å². The Morgan fingerprint density at radius 2 is 2.05 bits per heavy atom. The number of amides is 1. The van der Waals surface area contributed by atoms with Gasteiger partial charge in [-0.2, -0.15) is 0 Å². The lowest BCUT2D eigenvalue weighted by Crippen LogP contribution is -2.23. The van der Waals surface area contributed by atoms with Gasteiger partial charge in [0, 0.05) is 23.2 Å². The van der Waals surface area contributed by atoms with Crippen molar-refractivity contribution in [2.75, 3.05) is 5.32 Å². The van der Waals surface area contributed by atoms with Crippen molar-refractivity contribution in [2.24, 2.45) is 0 Å². The average Bonchev–Trinajstić information content (AvgIpc) is 2.50. The maximum absolute atomic E-state index is 12.1. The summed E-state index contributed by atoms with van der Waals surface area (Å²) in [6, 6.07) is 9.34. The highest BCUT2D eigenvalue weighted by atomic mass is 35.5. The summed E-state index contributed by atoms with van der Waals surface area (Å²) in [4.78, 5) is 27.0. The Morgan fingerprint density at radius 1 is 1.36 bits per heavy atom. The van der Waals surface area contributed by atoms with Gasteiger partial charge < -0.3 is 5.32 Å². The Morgan fingerprint density at radius 3 is 2.64 bits per heavy atom. The number of anilines is 1. The summed E-state index contributed by atoms with van der Waals surface area (Å²) in [7, 11) is 0. The van der Waals surface area contributed by atoms with Gasteiger partial charge in [0.05, 0.1) is 15.2 Å². The highest BCUT2D eigenvalue weighted by Crippen LogP contribution is 2.26. The fraction of sp³-hybridized carbons (Fsp3) is 0.143. The predicted molar refractivity (Wildman–Crippen MR) is 86.3 cm³/mol. The quantitative estimate of drug-likeness (QED) is 0.510. The molecule has 0 aliphatic rings. The standard InChI is InChI=1S/C14H12ClN3O3S/c1-9(14(19)17-13-12(15)3-2-8-16-13)22-11-6-4-10(5-7-11)18(20)21/h2-9H,1H3,(H,16,17,19)/t9-/m0/s1. The van der Waals surface area contributed by atoms with Crippen molar-refractivity contribution in [1.29, 1.82) is 0 Å². The molecule has 0 saturated carbocycles. The predicted octanol–water partition coefficient (Wildman–Crippen LogP) is 3.76. The second-order valence-electron chi connectivity index (χ2n) is 4.33. The second kappa shape index (κ2) is 7.24. The Bertz CT molecular complexity index is 694. The Hall–Kier alpha value is -2.12. The molecule has 1 atom stereocenters. The average molecular weight is 338 g/mol. The molecule has 1 aromatic heterocycles.